The smallest absolute Gasteiger partial charge is 0.255 e. The monoisotopic (exact) mass is 520 g/mol. The van der Waals surface area contributed by atoms with Crippen molar-refractivity contribution in [2.24, 2.45) is 17.8 Å². The number of imide groups is 1. The van der Waals surface area contributed by atoms with E-state index in [-0.39, 0.29) is 23.8 Å². The second-order valence-corrected chi connectivity index (χ2v) is 12.6. The number of amides is 3. The summed E-state index contributed by atoms with van der Waals surface area (Å²) in [5.74, 6) is 1.77. The van der Waals surface area contributed by atoms with Crippen LogP contribution >= 0.6 is 11.3 Å². The minimum Gasteiger partial charge on any atom is -0.379 e. The highest BCUT2D eigenvalue weighted by molar-refractivity contribution is 7.09. The molecule has 8 nitrogen and oxygen atoms in total. The highest BCUT2D eigenvalue weighted by Gasteiger charge is 2.51. The van der Waals surface area contributed by atoms with Crippen molar-refractivity contribution in [2.45, 2.75) is 82.7 Å². The average Bonchev–Trinajstić information content (AvgIpc) is 3.45. The predicted molar refractivity (Wildman–Crippen MR) is 138 cm³/mol. The Morgan fingerprint density at radius 2 is 1.86 bits per heavy atom. The molecule has 2 N–H and O–H groups in total. The summed E-state index contributed by atoms with van der Waals surface area (Å²) >= 11 is 1.65. The average molecular weight is 521 g/mol. The van der Waals surface area contributed by atoms with Gasteiger partial charge in [-0.05, 0) is 74.8 Å². The number of hydrogen-bond acceptors (Lipinski definition) is 7. The van der Waals surface area contributed by atoms with Crippen molar-refractivity contribution in [3.63, 3.8) is 0 Å². The largest absolute Gasteiger partial charge is 0.379 e. The highest BCUT2D eigenvalue weighted by Crippen LogP contribution is 2.57. The maximum Gasteiger partial charge on any atom is 0.255 e. The first-order valence-electron chi connectivity index (χ1n) is 13.5. The van der Waals surface area contributed by atoms with Crippen LogP contribution in [0.3, 0.4) is 0 Å². The van der Waals surface area contributed by atoms with Crippen molar-refractivity contribution in [1.29, 1.82) is 0 Å². The van der Waals surface area contributed by atoms with E-state index in [9.17, 15) is 14.4 Å². The van der Waals surface area contributed by atoms with Gasteiger partial charge < -0.3 is 15.0 Å². The minimum absolute atomic E-state index is 0.0877. The molecule has 194 valence electrons. The summed E-state index contributed by atoms with van der Waals surface area (Å²) in [6.07, 6.45) is 8.53. The standard InChI is InChI=1S/C28H32N4O4S/c33-24-5-4-23(26(34)31-24)32-13-21-20(27(32)35)2-1-3-22(21)29-12-19-15-37-25(30-19)14-36-28-9-16-6-17(10-28)8-18(7-16)11-28/h1-3,15-18,23,29H,4-14H2,(H,31,33,34). The maximum absolute atomic E-state index is 13.1. The molecule has 4 aliphatic carbocycles. The lowest BCUT2D eigenvalue weighted by Crippen LogP contribution is -2.52. The van der Waals surface area contributed by atoms with Crippen molar-refractivity contribution >= 4 is 34.7 Å². The van der Waals surface area contributed by atoms with Crippen LogP contribution in [0.1, 0.15) is 78.0 Å². The number of aromatic nitrogens is 1. The zero-order valence-electron chi connectivity index (χ0n) is 20.8. The Hall–Kier alpha value is -2.78. The fourth-order valence-corrected chi connectivity index (χ4v) is 8.56. The van der Waals surface area contributed by atoms with Crippen LogP contribution in [0.15, 0.2) is 23.6 Å². The van der Waals surface area contributed by atoms with Gasteiger partial charge in [0.1, 0.15) is 11.0 Å². The number of nitrogens with zero attached hydrogens (tertiary/aromatic N) is 2. The molecule has 4 saturated carbocycles. The van der Waals surface area contributed by atoms with E-state index in [1.807, 2.05) is 12.1 Å². The fourth-order valence-electron chi connectivity index (χ4n) is 7.86. The molecule has 0 spiro atoms. The number of anilines is 1. The first-order valence-corrected chi connectivity index (χ1v) is 14.4. The van der Waals surface area contributed by atoms with Gasteiger partial charge in [-0.25, -0.2) is 4.98 Å². The van der Waals surface area contributed by atoms with Gasteiger partial charge in [-0.1, -0.05) is 6.07 Å². The molecule has 2 aliphatic heterocycles. The van der Waals surface area contributed by atoms with Crippen LogP contribution in [0.5, 0.6) is 0 Å². The molecule has 1 saturated heterocycles. The van der Waals surface area contributed by atoms with Gasteiger partial charge in [0, 0.05) is 35.2 Å². The SMILES string of the molecule is O=C1CCC(N2Cc3c(NCc4csc(COC56CC7CC(CC(C7)C5)C6)n4)cccc3C2=O)C(=O)N1. The lowest BCUT2D eigenvalue weighted by atomic mass is 9.54. The summed E-state index contributed by atoms with van der Waals surface area (Å²) < 4.78 is 6.59. The summed E-state index contributed by atoms with van der Waals surface area (Å²) in [6.45, 7) is 1.49. The summed E-state index contributed by atoms with van der Waals surface area (Å²) in [7, 11) is 0. The summed E-state index contributed by atoms with van der Waals surface area (Å²) in [4.78, 5) is 43.4. The number of thiazole rings is 1. The van der Waals surface area contributed by atoms with E-state index in [2.05, 4.69) is 16.0 Å². The van der Waals surface area contributed by atoms with Gasteiger partial charge in [0.15, 0.2) is 0 Å². The Bertz CT molecular complexity index is 1240. The topological polar surface area (TPSA) is 101 Å². The fraction of sp³-hybridized carbons (Fsp3) is 0.571. The molecule has 6 aliphatic rings. The quantitative estimate of drug-likeness (QED) is 0.536. The third-order valence-corrected chi connectivity index (χ3v) is 10.00. The number of benzene rings is 1. The van der Waals surface area contributed by atoms with E-state index in [1.54, 1.807) is 22.3 Å². The van der Waals surface area contributed by atoms with E-state index in [0.29, 0.717) is 31.7 Å². The van der Waals surface area contributed by atoms with E-state index in [0.717, 1.165) is 39.7 Å². The number of hydrogen-bond donors (Lipinski definition) is 2. The summed E-state index contributed by atoms with van der Waals surface area (Å²) in [5.41, 5.74) is 3.41. The molecule has 1 atom stereocenters. The molecule has 1 unspecified atom stereocenters. The Morgan fingerprint density at radius 1 is 1.11 bits per heavy atom. The van der Waals surface area contributed by atoms with Crippen LogP contribution in [0.4, 0.5) is 5.69 Å². The van der Waals surface area contributed by atoms with Crippen LogP contribution in [-0.4, -0.2) is 39.2 Å². The zero-order valence-corrected chi connectivity index (χ0v) is 21.6. The van der Waals surface area contributed by atoms with Crippen molar-refractivity contribution < 1.29 is 19.1 Å². The van der Waals surface area contributed by atoms with Crippen LogP contribution in [-0.2, 0) is 34.0 Å². The van der Waals surface area contributed by atoms with Crippen molar-refractivity contribution in [3.05, 3.63) is 45.4 Å². The number of fused-ring (bicyclic) bond motifs is 1. The van der Waals surface area contributed by atoms with E-state index in [1.165, 1.54) is 38.5 Å². The van der Waals surface area contributed by atoms with Gasteiger partial charge in [-0.2, -0.15) is 0 Å². The number of carbonyl (C=O) groups excluding carboxylic acids is 3. The maximum atomic E-state index is 13.1. The zero-order chi connectivity index (χ0) is 25.1. The predicted octanol–water partition coefficient (Wildman–Crippen LogP) is 4.00. The highest BCUT2D eigenvalue weighted by atomic mass is 32.1. The van der Waals surface area contributed by atoms with Gasteiger partial charge in [0.05, 0.1) is 24.4 Å². The molecular weight excluding hydrogens is 488 g/mol. The molecule has 2 aromatic rings. The van der Waals surface area contributed by atoms with E-state index >= 15 is 0 Å². The molecule has 3 amide bonds. The first kappa shape index (κ1) is 23.3. The number of rotatable bonds is 7. The molecule has 4 bridgehead atoms. The van der Waals surface area contributed by atoms with Crippen LogP contribution in [0.25, 0.3) is 0 Å². The summed E-state index contributed by atoms with van der Waals surface area (Å²) in [6, 6.07) is 5.01. The molecule has 0 radical (unpaired) electrons. The van der Waals surface area contributed by atoms with Crippen molar-refractivity contribution in [2.75, 3.05) is 5.32 Å². The second kappa shape index (κ2) is 8.91. The molecule has 1 aromatic carbocycles. The lowest BCUT2D eigenvalue weighted by Gasteiger charge is -2.56. The Morgan fingerprint density at radius 3 is 2.59 bits per heavy atom. The van der Waals surface area contributed by atoms with Gasteiger partial charge in [0.2, 0.25) is 11.8 Å². The molecule has 1 aromatic heterocycles. The number of nitrogens with one attached hydrogen (secondary N) is 2. The molecule has 9 heteroatoms. The Balaban J connectivity index is 0.985. The third-order valence-electron chi connectivity index (χ3n) is 9.13. The number of ether oxygens (including phenoxy) is 1. The van der Waals surface area contributed by atoms with Crippen molar-refractivity contribution in [3.8, 4) is 0 Å². The molecule has 8 rings (SSSR count). The van der Waals surface area contributed by atoms with Gasteiger partial charge in [0.25, 0.3) is 5.91 Å². The van der Waals surface area contributed by atoms with Gasteiger partial charge in [-0.3, -0.25) is 19.7 Å². The Labute approximate surface area is 220 Å². The summed E-state index contributed by atoms with van der Waals surface area (Å²) in [5, 5.41) is 8.91. The molecule has 5 fully saturated rings. The number of piperidine rings is 1. The van der Waals surface area contributed by atoms with Crippen molar-refractivity contribution in [1.82, 2.24) is 15.2 Å². The molecule has 3 heterocycles. The minimum atomic E-state index is -0.611. The lowest BCUT2D eigenvalue weighted by molar-refractivity contribution is -0.168. The van der Waals surface area contributed by atoms with E-state index in [4.69, 9.17) is 9.72 Å². The molecule has 37 heavy (non-hydrogen) atoms. The normalized spacial score (nSPS) is 32.1. The van der Waals surface area contributed by atoms with E-state index < -0.39 is 11.9 Å². The van der Waals surface area contributed by atoms with Gasteiger partial charge >= 0.3 is 0 Å². The van der Waals surface area contributed by atoms with Crippen LogP contribution in [0.2, 0.25) is 0 Å². The first-order chi connectivity index (χ1) is 17.9. The van der Waals surface area contributed by atoms with Crippen LogP contribution in [0, 0.1) is 17.8 Å². The third kappa shape index (κ3) is 4.26. The number of carbonyl (C=O) groups is 3. The Kier molecular flexibility index (Phi) is 5.62. The van der Waals surface area contributed by atoms with Gasteiger partial charge in [-0.15, -0.1) is 11.3 Å². The van der Waals surface area contributed by atoms with Crippen LogP contribution < -0.4 is 10.6 Å². The molecular formula is C28H32N4O4S. The second-order valence-electron chi connectivity index (χ2n) is 11.7.